The van der Waals surface area contributed by atoms with Gasteiger partial charge in [0.2, 0.25) is 5.60 Å². The monoisotopic (exact) mass is 898 g/mol. The summed E-state index contributed by atoms with van der Waals surface area (Å²) in [5.41, 5.74) is 4.34. The Morgan fingerprint density at radius 2 is 1.68 bits per heavy atom. The van der Waals surface area contributed by atoms with Crippen LogP contribution in [0.4, 0.5) is 4.79 Å². The molecule has 1 unspecified atom stereocenters. The zero-order chi connectivity index (χ0) is 46.6. The van der Waals surface area contributed by atoms with E-state index in [9.17, 15) is 34.5 Å². The van der Waals surface area contributed by atoms with Crippen LogP contribution in [0.3, 0.4) is 0 Å². The van der Waals surface area contributed by atoms with Gasteiger partial charge in [-0.1, -0.05) is 39.8 Å². The van der Waals surface area contributed by atoms with E-state index in [0.717, 1.165) is 61.3 Å². The molecule has 3 aliphatic rings. The predicted molar refractivity (Wildman–Crippen MR) is 246 cm³/mol. The van der Waals surface area contributed by atoms with Gasteiger partial charge in [0.25, 0.3) is 5.56 Å². The second-order valence-electron chi connectivity index (χ2n) is 17.7. The third kappa shape index (κ3) is 7.74. The maximum atomic E-state index is 14.1. The van der Waals surface area contributed by atoms with Gasteiger partial charge < -0.3 is 39.2 Å². The van der Waals surface area contributed by atoms with Gasteiger partial charge in [0.1, 0.15) is 23.9 Å². The van der Waals surface area contributed by atoms with E-state index in [-0.39, 0.29) is 59.7 Å². The Morgan fingerprint density at radius 1 is 0.939 bits per heavy atom. The minimum atomic E-state index is -1.82. The van der Waals surface area contributed by atoms with Crippen LogP contribution in [0, 0.1) is 0 Å². The summed E-state index contributed by atoms with van der Waals surface area (Å²) in [5, 5.41) is 38.8. The highest BCUT2D eigenvalue weighted by molar-refractivity contribution is 5.90. The summed E-state index contributed by atoms with van der Waals surface area (Å²) in [6.07, 6.45) is 0.697. The number of carbonyl (C=O) groups is 2. The van der Waals surface area contributed by atoms with E-state index in [4.69, 9.17) is 14.5 Å². The van der Waals surface area contributed by atoms with Gasteiger partial charge in [0.15, 0.2) is 5.82 Å². The number of piperazine rings is 1. The lowest BCUT2D eigenvalue weighted by Gasteiger charge is -2.37. The number of nitrogens with zero attached hydrogens (tertiary/aromatic N) is 7. The van der Waals surface area contributed by atoms with Crippen LogP contribution in [-0.2, 0) is 46.0 Å². The molecule has 0 spiro atoms. The minimum absolute atomic E-state index is 0.0142. The molecule has 6 heterocycles. The zero-order valence-electron chi connectivity index (χ0n) is 37.8. The first kappa shape index (κ1) is 44.2. The lowest BCUT2D eigenvalue weighted by atomic mass is 9.85. The van der Waals surface area contributed by atoms with Crippen LogP contribution >= 0.6 is 0 Å². The van der Waals surface area contributed by atoms with E-state index in [2.05, 4.69) is 20.0 Å². The summed E-state index contributed by atoms with van der Waals surface area (Å²) >= 11 is 0. The molecule has 3 aromatic carbocycles. The standard InChI is InChI=1S/C49H54N8O9/c1-6-32-34-21-31(58)13-14-39(34)50-43-36(32)26-56-40(43)23-38-37(45(56)61)27-65-46(62)49(38,7-2)66-48(64)53(5)15-8-16-54-17-19-55(20-18-54)25-29-9-11-30(12-10-29)57-44(51-52-47(57)63)35-22-33(28(3)4)41(59)24-42(35)60/h9-14,21-24,28,58-60H,6-8,15-20,25-27H2,1-5H3,(H,52,63). The Kier molecular flexibility index (Phi) is 11.7. The summed E-state index contributed by atoms with van der Waals surface area (Å²) < 4.78 is 14.7. The lowest BCUT2D eigenvalue weighted by molar-refractivity contribution is -0.173. The van der Waals surface area contributed by atoms with Crippen LogP contribution in [0.5, 0.6) is 17.2 Å². The molecule has 344 valence electrons. The fraction of sp³-hybridized carbons (Fsp3) is 0.388. The van der Waals surface area contributed by atoms with E-state index in [0.29, 0.717) is 58.7 Å². The van der Waals surface area contributed by atoms with Crippen molar-refractivity contribution in [3.63, 3.8) is 0 Å². The van der Waals surface area contributed by atoms with Crippen LogP contribution in [0.15, 0.2) is 70.3 Å². The fourth-order valence-corrected chi connectivity index (χ4v) is 9.69. The quantitative estimate of drug-likeness (QED) is 0.109. The molecular weight excluding hydrogens is 845 g/mol. The number of esters is 1. The summed E-state index contributed by atoms with van der Waals surface area (Å²) in [6, 6.07) is 17.4. The molecule has 66 heavy (non-hydrogen) atoms. The first-order chi connectivity index (χ1) is 31.7. The fourth-order valence-electron chi connectivity index (χ4n) is 9.69. The second-order valence-corrected chi connectivity index (χ2v) is 17.7. The number of nitrogens with one attached hydrogen (secondary N) is 1. The van der Waals surface area contributed by atoms with Gasteiger partial charge in [-0.25, -0.2) is 29.0 Å². The van der Waals surface area contributed by atoms with Gasteiger partial charge >= 0.3 is 17.8 Å². The highest BCUT2D eigenvalue weighted by Crippen LogP contribution is 2.43. The number of aryl methyl sites for hydroxylation is 1. The van der Waals surface area contributed by atoms with E-state index >= 15 is 0 Å². The van der Waals surface area contributed by atoms with Crippen molar-refractivity contribution >= 4 is 23.0 Å². The number of phenols is 3. The average molecular weight is 899 g/mol. The number of cyclic esters (lactones) is 1. The molecule has 9 rings (SSSR count). The number of H-pyrrole nitrogens is 1. The minimum Gasteiger partial charge on any atom is -0.508 e. The number of aromatic amines is 1. The Hall–Kier alpha value is -6.98. The number of ether oxygens (including phenoxy) is 2. The Morgan fingerprint density at radius 3 is 2.39 bits per heavy atom. The molecule has 6 aromatic rings. The molecule has 0 saturated carbocycles. The first-order valence-corrected chi connectivity index (χ1v) is 22.5. The molecular formula is C49H54N8O9. The van der Waals surface area contributed by atoms with Crippen molar-refractivity contribution in [2.75, 3.05) is 46.3 Å². The number of aromatic nitrogens is 5. The topological polar surface area (TPSA) is 209 Å². The molecule has 1 amide bonds. The number of hydrogen-bond donors (Lipinski definition) is 4. The number of fused-ring (bicyclic) bond motifs is 5. The Labute approximate surface area is 380 Å². The number of rotatable bonds is 12. The molecule has 0 bridgehead atoms. The van der Waals surface area contributed by atoms with Crippen molar-refractivity contribution < 1.29 is 34.4 Å². The van der Waals surface area contributed by atoms with Crippen LogP contribution in [-0.4, -0.2) is 113 Å². The van der Waals surface area contributed by atoms with Crippen molar-refractivity contribution in [1.82, 2.24) is 39.0 Å². The van der Waals surface area contributed by atoms with Crippen LogP contribution in [0.25, 0.3) is 39.4 Å². The summed E-state index contributed by atoms with van der Waals surface area (Å²) in [6.45, 7) is 12.9. The average Bonchev–Trinajstić information content (AvgIpc) is 3.87. The van der Waals surface area contributed by atoms with Crippen LogP contribution in [0.1, 0.15) is 79.8 Å². The van der Waals surface area contributed by atoms with Gasteiger partial charge in [-0.15, -0.1) is 0 Å². The summed E-state index contributed by atoms with van der Waals surface area (Å²) in [7, 11) is 1.64. The van der Waals surface area contributed by atoms with E-state index < -0.39 is 23.4 Å². The number of phenolic OH excluding ortho intramolecular Hbond substituents is 3. The van der Waals surface area contributed by atoms with Crippen molar-refractivity contribution in [3.8, 4) is 45.7 Å². The van der Waals surface area contributed by atoms with E-state index in [1.165, 1.54) is 15.5 Å². The highest BCUT2D eigenvalue weighted by Gasteiger charge is 2.51. The maximum Gasteiger partial charge on any atom is 0.410 e. The van der Waals surface area contributed by atoms with Gasteiger partial charge in [-0.05, 0) is 90.9 Å². The molecule has 1 saturated heterocycles. The van der Waals surface area contributed by atoms with Crippen molar-refractivity contribution in [2.45, 2.75) is 78.2 Å². The van der Waals surface area contributed by atoms with E-state index in [1.54, 1.807) is 48.9 Å². The third-order valence-electron chi connectivity index (χ3n) is 13.4. The van der Waals surface area contributed by atoms with Crippen LogP contribution < -0.4 is 11.2 Å². The predicted octanol–water partition coefficient (Wildman–Crippen LogP) is 5.71. The first-order valence-electron chi connectivity index (χ1n) is 22.5. The molecule has 4 N–H and O–H groups in total. The van der Waals surface area contributed by atoms with Gasteiger partial charge in [-0.2, -0.15) is 5.10 Å². The maximum absolute atomic E-state index is 14.1. The zero-order valence-corrected chi connectivity index (χ0v) is 37.8. The van der Waals surface area contributed by atoms with Crippen molar-refractivity contribution in [3.05, 3.63) is 115 Å². The molecule has 0 radical (unpaired) electrons. The molecule has 1 atom stereocenters. The molecule has 0 aliphatic carbocycles. The van der Waals surface area contributed by atoms with Gasteiger partial charge in [0, 0.05) is 68.9 Å². The molecule has 3 aromatic heterocycles. The molecule has 3 aliphatic heterocycles. The second kappa shape index (κ2) is 17.4. The van der Waals surface area contributed by atoms with Gasteiger partial charge in [0.05, 0.1) is 40.3 Å². The molecule has 17 heteroatoms. The molecule has 1 fully saturated rings. The van der Waals surface area contributed by atoms with Crippen LogP contribution in [0.2, 0.25) is 0 Å². The number of hydrogen-bond acceptors (Lipinski definition) is 13. The smallest absolute Gasteiger partial charge is 0.410 e. The summed E-state index contributed by atoms with van der Waals surface area (Å²) in [4.78, 5) is 65.6. The Balaban J connectivity index is 0.810. The van der Waals surface area contributed by atoms with Gasteiger partial charge in [-0.3, -0.25) is 9.69 Å². The normalized spacial score (nSPS) is 17.2. The third-order valence-corrected chi connectivity index (χ3v) is 13.4. The number of amides is 1. The number of benzene rings is 3. The SMILES string of the molecule is CCc1c2c(nc3ccc(O)cc13)-c1cc3c(c(=O)n1C2)COC(=O)C3(CC)OC(=O)N(C)CCCN1CCN(Cc2ccc(-n3c(-c4cc(C(C)C)c(O)cc4O)n[nH]c3=O)cc2)CC1. The number of carbonyl (C=O) groups excluding carboxylic acids is 2. The largest absolute Gasteiger partial charge is 0.508 e. The van der Waals surface area contributed by atoms with E-state index in [1.807, 2.05) is 45.0 Å². The Bertz CT molecular complexity index is 3000. The van der Waals surface area contributed by atoms with Crippen molar-refractivity contribution in [1.29, 1.82) is 0 Å². The summed E-state index contributed by atoms with van der Waals surface area (Å²) in [5.74, 6) is -0.563. The number of aromatic hydroxyl groups is 3. The molecule has 17 nitrogen and oxygen atoms in total. The lowest BCUT2D eigenvalue weighted by Crippen LogP contribution is -2.49. The highest BCUT2D eigenvalue weighted by atomic mass is 16.6. The van der Waals surface area contributed by atoms with Crippen molar-refractivity contribution in [2.24, 2.45) is 0 Å². The number of pyridine rings is 2.